The maximum Gasteiger partial charge on any atom is 1.00 e. The van der Waals surface area contributed by atoms with Gasteiger partial charge in [-0.05, 0) is 47.1 Å². The molecule has 0 spiro atoms. The Morgan fingerprint density at radius 3 is 0.860 bits per heavy atom. The molecule has 0 amide bonds. The van der Waals surface area contributed by atoms with E-state index in [1.165, 1.54) is 39.2 Å². The van der Waals surface area contributed by atoms with E-state index in [1.54, 1.807) is 0 Å². The van der Waals surface area contributed by atoms with E-state index >= 15 is 0 Å². The fourth-order valence-electron chi connectivity index (χ4n) is 4.49. The Balaban J connectivity index is 0. The molecule has 2 nitrogen and oxygen atoms in total. The topological polar surface area (TPSA) is 28.2 Å². The number of hydrogen-bond acceptors (Lipinski definition) is 0. The van der Waals surface area contributed by atoms with E-state index in [0.717, 1.165) is 0 Å². The molecule has 0 atom stereocenters. The molecule has 1 radical (unpaired) electrons. The number of aryl methyl sites for hydroxylation is 1. The largest absolute Gasteiger partial charge is 1.00 e. The maximum atomic E-state index is 5.07. The fourth-order valence-corrected chi connectivity index (χ4v) is 6.34. The van der Waals surface area contributed by atoms with Crippen LogP contribution in [0.2, 0.25) is 39.3 Å². The first kappa shape index (κ1) is 45.0. The fraction of sp³-hybridized carbons (Fsp3) is 0.514. The molecule has 0 bridgehead atoms. The third-order valence-electron chi connectivity index (χ3n) is 6.52. The van der Waals surface area contributed by atoms with Crippen LogP contribution in [0.15, 0.2) is 66.7 Å². The molecule has 0 N–H and O–H groups in total. The first-order valence-electron chi connectivity index (χ1n) is 15.6. The van der Waals surface area contributed by atoms with Crippen LogP contribution in [0.5, 0.6) is 0 Å². The molecule has 0 aliphatic heterocycles. The van der Waals surface area contributed by atoms with E-state index in [1.807, 2.05) is 18.2 Å². The Morgan fingerprint density at radius 1 is 0.442 bits per heavy atom. The van der Waals surface area contributed by atoms with Gasteiger partial charge in [-0.25, -0.2) is 0 Å². The van der Waals surface area contributed by atoms with Crippen LogP contribution in [-0.2, 0) is 16.8 Å². The zero-order valence-electron chi connectivity index (χ0n) is 30.4. The maximum absolute atomic E-state index is 5.07. The molecule has 0 aromatic heterocycles. The van der Waals surface area contributed by atoms with Gasteiger partial charge in [-0.3, -0.25) is 0 Å². The number of nitrogens with zero attached hydrogens (tertiary/aromatic N) is 2. The molecule has 0 unspecified atom stereocenters. The average molecular weight is 687 g/mol. The summed E-state index contributed by atoms with van der Waals surface area (Å²) in [5.74, 6) is 2.18. The zero-order valence-corrected chi connectivity index (χ0v) is 36.6. The van der Waals surface area contributed by atoms with E-state index in [0.29, 0.717) is 23.7 Å². The van der Waals surface area contributed by atoms with Crippen molar-refractivity contribution < 1.29 is 68.2 Å². The van der Waals surface area contributed by atoms with Gasteiger partial charge >= 0.3 is 51.4 Å². The van der Waals surface area contributed by atoms with E-state index < -0.39 is 16.5 Å². The predicted octanol–water partition coefficient (Wildman–Crippen LogP) is 10.5. The molecule has 6 heteroatoms. The van der Waals surface area contributed by atoms with Crippen molar-refractivity contribution in [3.63, 3.8) is 0 Å². The van der Waals surface area contributed by atoms with Crippen LogP contribution < -0.4 is 51.4 Å². The standard InChI is InChI=1S/2C15H26NSi.C7H8.Co.K/c2*1-11(2)13-9-8-10-14(12(3)4)15(13)16-17(5,6)7;1-7-5-3-2-4-6-7;;/h2*8-12H,1-7H3;2-6H,1H3;;/q2*-1;;;+1. The van der Waals surface area contributed by atoms with Gasteiger partial charge in [0.25, 0.3) is 0 Å². The molecule has 3 aromatic carbocycles. The summed E-state index contributed by atoms with van der Waals surface area (Å²) in [7, 11) is -2.86. The summed E-state index contributed by atoms with van der Waals surface area (Å²) in [6, 6.07) is 23.5. The summed E-state index contributed by atoms with van der Waals surface area (Å²) in [5.41, 5.74) is 9.48. The van der Waals surface area contributed by atoms with Crippen molar-refractivity contribution in [3.8, 4) is 0 Å². The molecule has 0 fully saturated rings. The molecule has 0 saturated heterocycles. The van der Waals surface area contributed by atoms with Crippen LogP contribution in [0.25, 0.3) is 9.96 Å². The summed E-state index contributed by atoms with van der Waals surface area (Å²) in [4.78, 5) is 10.1. The van der Waals surface area contributed by atoms with Crippen molar-refractivity contribution in [1.29, 1.82) is 0 Å². The Bertz CT molecular complexity index is 1050. The molecule has 237 valence electrons. The number of benzene rings is 3. The molecule has 0 aliphatic carbocycles. The Hall–Kier alpha value is -0.163. The quantitative estimate of drug-likeness (QED) is 0.211. The SMILES string of the molecule is CC(C)c1cccc(C(C)C)c1[N-][Si](C)(C)C.CC(C)c1cccc(C(C)C)c1[N-][Si](C)(C)C.Cc1ccccc1.[Co].[K+]. The van der Waals surface area contributed by atoms with Gasteiger partial charge in [-0.1, -0.05) is 189 Å². The van der Waals surface area contributed by atoms with Crippen molar-refractivity contribution in [2.45, 2.75) is 125 Å². The summed E-state index contributed by atoms with van der Waals surface area (Å²) < 4.78 is 0. The minimum absolute atomic E-state index is 0. The Morgan fingerprint density at radius 2 is 0.698 bits per heavy atom. The van der Waals surface area contributed by atoms with E-state index in [-0.39, 0.29) is 68.2 Å². The predicted molar refractivity (Wildman–Crippen MR) is 193 cm³/mol. The van der Waals surface area contributed by atoms with Gasteiger partial charge in [0.2, 0.25) is 0 Å². The molecular weight excluding hydrogens is 627 g/mol. The molecule has 43 heavy (non-hydrogen) atoms. The summed E-state index contributed by atoms with van der Waals surface area (Å²) >= 11 is 0. The zero-order chi connectivity index (χ0) is 31.5. The van der Waals surface area contributed by atoms with Gasteiger partial charge in [0.05, 0.1) is 0 Å². The van der Waals surface area contributed by atoms with Crippen molar-refractivity contribution in [2.24, 2.45) is 0 Å². The van der Waals surface area contributed by atoms with Crippen LogP contribution in [0, 0.1) is 6.92 Å². The Kier molecular flexibility index (Phi) is 21.8. The van der Waals surface area contributed by atoms with E-state index in [9.17, 15) is 0 Å². The van der Waals surface area contributed by atoms with Gasteiger partial charge < -0.3 is 9.96 Å². The second-order valence-electron chi connectivity index (χ2n) is 14.4. The first-order chi connectivity index (χ1) is 18.8. The van der Waals surface area contributed by atoms with Gasteiger partial charge in [-0.2, -0.15) is 0 Å². The molecule has 0 aliphatic rings. The summed E-state index contributed by atoms with van der Waals surface area (Å²) in [5, 5.41) is 0. The van der Waals surface area contributed by atoms with E-state index in [4.69, 9.17) is 9.96 Å². The second-order valence-corrected chi connectivity index (χ2v) is 23.5. The van der Waals surface area contributed by atoms with Crippen LogP contribution in [0.4, 0.5) is 11.4 Å². The molecule has 3 rings (SSSR count). The van der Waals surface area contributed by atoms with Crippen molar-refractivity contribution in [2.75, 3.05) is 0 Å². The molecule has 3 aromatic rings. The smallest absolute Gasteiger partial charge is 0.687 e. The molecule has 0 saturated carbocycles. The second kappa shape index (κ2) is 20.9. The van der Waals surface area contributed by atoms with Gasteiger partial charge in [-0.15, -0.1) is 11.4 Å². The van der Waals surface area contributed by atoms with Crippen molar-refractivity contribution in [3.05, 3.63) is 105 Å². The van der Waals surface area contributed by atoms with Crippen molar-refractivity contribution >= 4 is 27.8 Å². The minimum Gasteiger partial charge on any atom is -0.687 e. The number of hydrogen-bond donors (Lipinski definition) is 0. The van der Waals surface area contributed by atoms with Crippen LogP contribution >= 0.6 is 0 Å². The average Bonchev–Trinajstić information content (AvgIpc) is 2.83. The molecule has 0 heterocycles. The van der Waals surface area contributed by atoms with Gasteiger partial charge in [0.15, 0.2) is 0 Å². The number of rotatable bonds is 8. The summed E-state index contributed by atoms with van der Waals surface area (Å²) in [6.07, 6.45) is 0. The molecular formula is C37H60CoKN2Si2-. The van der Waals surface area contributed by atoms with E-state index in [2.05, 4.69) is 150 Å². The Labute approximate surface area is 322 Å². The van der Waals surface area contributed by atoms with Crippen LogP contribution in [-0.4, -0.2) is 16.5 Å². The monoisotopic (exact) mass is 686 g/mol. The van der Waals surface area contributed by atoms with Crippen LogP contribution in [0.1, 0.15) is 107 Å². The van der Waals surface area contributed by atoms with Crippen molar-refractivity contribution in [1.82, 2.24) is 0 Å². The van der Waals surface area contributed by atoms with Gasteiger partial charge in [0, 0.05) is 16.8 Å². The third kappa shape index (κ3) is 17.4. The van der Waals surface area contributed by atoms with Crippen LogP contribution in [0.3, 0.4) is 0 Å². The first-order valence-corrected chi connectivity index (χ1v) is 22.5. The third-order valence-corrected chi connectivity index (χ3v) is 8.31. The summed E-state index contributed by atoms with van der Waals surface area (Å²) in [6.45, 7) is 33.9. The normalized spacial score (nSPS) is 11.1. The minimum atomic E-state index is -1.43. The van der Waals surface area contributed by atoms with Gasteiger partial charge in [0.1, 0.15) is 0 Å².